The minimum absolute atomic E-state index is 0.0611. The van der Waals surface area contributed by atoms with Crippen molar-refractivity contribution < 1.29 is 4.79 Å². The van der Waals surface area contributed by atoms with Crippen molar-refractivity contribution in [2.75, 3.05) is 0 Å². The van der Waals surface area contributed by atoms with E-state index in [4.69, 9.17) is 0 Å². The summed E-state index contributed by atoms with van der Waals surface area (Å²) in [5, 5.41) is 12.5. The molecule has 0 aromatic rings. The average molecular weight is 252 g/mol. The van der Waals surface area contributed by atoms with Crippen LogP contribution in [0, 0.1) is 16.7 Å². The van der Waals surface area contributed by atoms with Gasteiger partial charge in [-0.05, 0) is 25.7 Å². The average Bonchev–Trinajstić information content (AvgIpc) is 2.37. The van der Waals surface area contributed by atoms with Gasteiger partial charge >= 0.3 is 0 Å². The van der Waals surface area contributed by atoms with Crippen molar-refractivity contribution in [3.8, 4) is 6.07 Å². The van der Waals surface area contributed by atoms with Crippen LogP contribution in [0.2, 0.25) is 0 Å². The first kappa shape index (κ1) is 17.0. The van der Waals surface area contributed by atoms with Gasteiger partial charge < -0.3 is 5.32 Å². The molecule has 0 fully saturated rings. The lowest BCUT2D eigenvalue weighted by molar-refractivity contribution is -0.129. The Kier molecular flexibility index (Phi) is 8.45. The summed E-state index contributed by atoms with van der Waals surface area (Å²) >= 11 is 0. The van der Waals surface area contributed by atoms with Crippen molar-refractivity contribution in [3.63, 3.8) is 0 Å². The van der Waals surface area contributed by atoms with Gasteiger partial charge in [0.25, 0.3) is 0 Å². The van der Waals surface area contributed by atoms with Crippen molar-refractivity contribution in [3.05, 3.63) is 0 Å². The summed E-state index contributed by atoms with van der Waals surface area (Å²) in [6, 6.07) is 2.49. The third-order valence-electron chi connectivity index (χ3n) is 3.47. The highest BCUT2D eigenvalue weighted by molar-refractivity contribution is 5.85. The molecule has 0 bridgehead atoms. The van der Waals surface area contributed by atoms with Crippen molar-refractivity contribution in [2.45, 2.75) is 78.7 Å². The Hall–Kier alpha value is -1.04. The van der Waals surface area contributed by atoms with Gasteiger partial charge in [-0.1, -0.05) is 47.0 Å². The summed E-state index contributed by atoms with van der Waals surface area (Å²) in [6.07, 6.45) is 6.02. The van der Waals surface area contributed by atoms with E-state index in [0.717, 1.165) is 32.1 Å². The first-order chi connectivity index (χ1) is 8.60. The summed E-state index contributed by atoms with van der Waals surface area (Å²) < 4.78 is 0. The molecule has 3 nitrogen and oxygen atoms in total. The number of hydrogen-bond donors (Lipinski definition) is 1. The Balaban J connectivity index is 4.79. The first-order valence-electron chi connectivity index (χ1n) is 7.32. The van der Waals surface area contributed by atoms with Crippen molar-refractivity contribution in [1.29, 1.82) is 5.26 Å². The summed E-state index contributed by atoms with van der Waals surface area (Å²) in [5.74, 6) is -0.0611. The van der Waals surface area contributed by atoms with Crippen LogP contribution in [-0.2, 0) is 4.79 Å². The quantitative estimate of drug-likeness (QED) is 0.678. The topological polar surface area (TPSA) is 52.9 Å². The highest BCUT2D eigenvalue weighted by atomic mass is 16.2. The van der Waals surface area contributed by atoms with Gasteiger partial charge in [0, 0.05) is 6.04 Å². The van der Waals surface area contributed by atoms with E-state index in [9.17, 15) is 10.1 Å². The standard InChI is InChI=1S/C15H28N2O/c1-5-9-13(8-4)17-14(18)15(12-16,10-6-2)11-7-3/h13H,5-11H2,1-4H3,(H,17,18). The number of nitrogens with zero attached hydrogens (tertiary/aromatic N) is 1. The first-order valence-corrected chi connectivity index (χ1v) is 7.32. The van der Waals surface area contributed by atoms with E-state index in [1.54, 1.807) is 0 Å². The molecular weight excluding hydrogens is 224 g/mol. The Morgan fingerprint density at radius 3 is 2.06 bits per heavy atom. The van der Waals surface area contributed by atoms with E-state index < -0.39 is 5.41 Å². The van der Waals surface area contributed by atoms with Gasteiger partial charge in [0.05, 0.1) is 6.07 Å². The molecule has 1 amide bonds. The fraction of sp³-hybridized carbons (Fsp3) is 0.867. The van der Waals surface area contributed by atoms with Gasteiger partial charge in [-0.3, -0.25) is 4.79 Å². The molecule has 0 heterocycles. The van der Waals surface area contributed by atoms with Crippen LogP contribution in [0.15, 0.2) is 0 Å². The van der Waals surface area contributed by atoms with Crippen LogP contribution in [0.5, 0.6) is 0 Å². The maximum absolute atomic E-state index is 12.4. The van der Waals surface area contributed by atoms with Gasteiger partial charge in [0.15, 0.2) is 0 Å². The van der Waals surface area contributed by atoms with Gasteiger partial charge in [0.1, 0.15) is 5.41 Å². The predicted octanol–water partition coefficient (Wildman–Crippen LogP) is 3.79. The maximum Gasteiger partial charge on any atom is 0.240 e. The fourth-order valence-corrected chi connectivity index (χ4v) is 2.42. The summed E-state index contributed by atoms with van der Waals surface area (Å²) in [5.41, 5.74) is -0.815. The molecule has 1 unspecified atom stereocenters. The number of nitrogens with one attached hydrogen (secondary N) is 1. The second-order valence-electron chi connectivity index (χ2n) is 5.06. The van der Waals surface area contributed by atoms with E-state index in [1.165, 1.54) is 0 Å². The molecule has 0 saturated heterocycles. The SMILES string of the molecule is CCCC(CC)NC(=O)C(C#N)(CCC)CCC. The van der Waals surface area contributed by atoms with Gasteiger partial charge in [-0.15, -0.1) is 0 Å². The molecule has 0 spiro atoms. The number of nitriles is 1. The normalized spacial score (nSPS) is 12.8. The Morgan fingerprint density at radius 2 is 1.72 bits per heavy atom. The highest BCUT2D eigenvalue weighted by Crippen LogP contribution is 2.29. The number of carbonyl (C=O) groups excluding carboxylic acids is 1. The highest BCUT2D eigenvalue weighted by Gasteiger charge is 2.37. The third-order valence-corrected chi connectivity index (χ3v) is 3.47. The van der Waals surface area contributed by atoms with E-state index in [-0.39, 0.29) is 11.9 Å². The summed E-state index contributed by atoms with van der Waals surface area (Å²) in [4.78, 5) is 12.4. The van der Waals surface area contributed by atoms with Crippen LogP contribution in [0.3, 0.4) is 0 Å². The Morgan fingerprint density at radius 1 is 1.17 bits per heavy atom. The molecule has 104 valence electrons. The van der Waals surface area contributed by atoms with Crippen LogP contribution in [0.25, 0.3) is 0 Å². The van der Waals surface area contributed by atoms with Crippen molar-refractivity contribution >= 4 is 5.91 Å². The third kappa shape index (κ3) is 4.68. The van der Waals surface area contributed by atoms with Crippen molar-refractivity contribution in [2.24, 2.45) is 5.41 Å². The zero-order valence-corrected chi connectivity index (χ0v) is 12.4. The largest absolute Gasteiger partial charge is 0.352 e. The summed E-state index contributed by atoms with van der Waals surface area (Å²) in [7, 11) is 0. The molecule has 0 aliphatic rings. The molecule has 0 aliphatic carbocycles. The monoisotopic (exact) mass is 252 g/mol. The lowest BCUT2D eigenvalue weighted by Gasteiger charge is -2.27. The van der Waals surface area contributed by atoms with Gasteiger partial charge in [-0.25, -0.2) is 0 Å². The Bertz CT molecular complexity index is 275. The van der Waals surface area contributed by atoms with E-state index >= 15 is 0 Å². The number of carbonyl (C=O) groups is 1. The molecule has 1 N–H and O–H groups in total. The van der Waals surface area contributed by atoms with Crippen LogP contribution in [-0.4, -0.2) is 11.9 Å². The summed E-state index contributed by atoms with van der Waals surface area (Å²) in [6.45, 7) is 8.25. The minimum atomic E-state index is -0.815. The van der Waals surface area contributed by atoms with E-state index in [0.29, 0.717) is 12.8 Å². The smallest absolute Gasteiger partial charge is 0.240 e. The molecule has 0 radical (unpaired) electrons. The number of hydrogen-bond acceptors (Lipinski definition) is 2. The predicted molar refractivity (Wildman–Crippen MR) is 75.0 cm³/mol. The molecule has 3 heteroatoms. The minimum Gasteiger partial charge on any atom is -0.352 e. The molecule has 1 atom stereocenters. The molecule has 0 aliphatic heterocycles. The lowest BCUT2D eigenvalue weighted by atomic mass is 9.79. The van der Waals surface area contributed by atoms with Crippen LogP contribution in [0.1, 0.15) is 72.6 Å². The second-order valence-corrected chi connectivity index (χ2v) is 5.06. The zero-order valence-electron chi connectivity index (χ0n) is 12.4. The zero-order chi connectivity index (χ0) is 14.0. The van der Waals surface area contributed by atoms with Gasteiger partial charge in [-0.2, -0.15) is 5.26 Å². The Labute approximate surface area is 112 Å². The molecule has 0 aromatic carbocycles. The molecule has 0 aromatic heterocycles. The van der Waals surface area contributed by atoms with E-state index in [2.05, 4.69) is 25.2 Å². The molecule has 0 saturated carbocycles. The van der Waals surface area contributed by atoms with Gasteiger partial charge in [0.2, 0.25) is 5.91 Å². The van der Waals surface area contributed by atoms with E-state index in [1.807, 2.05) is 13.8 Å². The molecular formula is C15H28N2O. The fourth-order valence-electron chi connectivity index (χ4n) is 2.42. The van der Waals surface area contributed by atoms with Crippen LogP contribution >= 0.6 is 0 Å². The van der Waals surface area contributed by atoms with Crippen LogP contribution < -0.4 is 5.32 Å². The van der Waals surface area contributed by atoms with Crippen molar-refractivity contribution in [1.82, 2.24) is 5.32 Å². The molecule has 18 heavy (non-hydrogen) atoms. The number of rotatable bonds is 9. The maximum atomic E-state index is 12.4. The number of amides is 1. The van der Waals surface area contributed by atoms with Crippen LogP contribution in [0.4, 0.5) is 0 Å². The molecule has 0 rings (SSSR count). The second kappa shape index (κ2) is 8.97. The lowest BCUT2D eigenvalue weighted by Crippen LogP contribution is -2.44.